The number of ether oxygens (including phenoxy) is 1. The van der Waals surface area contributed by atoms with Crippen LogP contribution in [0.3, 0.4) is 0 Å². The van der Waals surface area contributed by atoms with E-state index in [4.69, 9.17) is 4.74 Å². The number of carbonyl (C=O) groups excluding carboxylic acids is 1. The van der Waals surface area contributed by atoms with Crippen molar-refractivity contribution in [3.05, 3.63) is 35.1 Å². The van der Waals surface area contributed by atoms with E-state index in [0.29, 0.717) is 0 Å². The molecule has 1 fully saturated rings. The molecule has 1 saturated heterocycles. The smallest absolute Gasteiger partial charge is 0.331 e. The van der Waals surface area contributed by atoms with Crippen molar-refractivity contribution >= 4 is 11.9 Å². The summed E-state index contributed by atoms with van der Waals surface area (Å²) in [7, 11) is 0. The van der Waals surface area contributed by atoms with Gasteiger partial charge in [0.2, 0.25) is 0 Å². The van der Waals surface area contributed by atoms with E-state index in [-0.39, 0.29) is 30.8 Å². The van der Waals surface area contributed by atoms with Crippen LogP contribution in [-0.4, -0.2) is 35.7 Å². The quantitative estimate of drug-likeness (QED) is 0.860. The molecule has 2 rings (SSSR count). The summed E-state index contributed by atoms with van der Waals surface area (Å²) >= 11 is 0. The number of hydrogen-bond acceptors (Lipinski definition) is 3. The van der Waals surface area contributed by atoms with Gasteiger partial charge >= 0.3 is 5.97 Å². The average Bonchev–Trinajstić information content (AvgIpc) is 2.82. The Morgan fingerprint density at radius 1 is 1.47 bits per heavy atom. The number of carboxylic acids is 1. The fourth-order valence-electron chi connectivity index (χ4n) is 2.02. The van der Waals surface area contributed by atoms with Crippen molar-refractivity contribution in [2.24, 2.45) is 0 Å². The monoisotopic (exact) mass is 267 g/mol. The predicted octanol–water partition coefficient (Wildman–Crippen LogP) is 1.11. The summed E-state index contributed by atoms with van der Waals surface area (Å²) in [6.45, 7) is 1.67. The van der Waals surface area contributed by atoms with Crippen LogP contribution in [0.15, 0.2) is 18.2 Å². The van der Waals surface area contributed by atoms with Gasteiger partial charge in [-0.25, -0.2) is 9.18 Å². The highest BCUT2D eigenvalue weighted by Crippen LogP contribution is 2.21. The fourth-order valence-corrected chi connectivity index (χ4v) is 2.02. The summed E-state index contributed by atoms with van der Waals surface area (Å²) in [4.78, 5) is 23.4. The summed E-state index contributed by atoms with van der Waals surface area (Å²) in [6, 6.07) is 4.12. The maximum absolute atomic E-state index is 13.4. The van der Waals surface area contributed by atoms with Crippen molar-refractivity contribution in [3.8, 4) is 0 Å². The predicted molar refractivity (Wildman–Crippen MR) is 64.4 cm³/mol. The Hall–Kier alpha value is -1.95. The maximum Gasteiger partial charge on any atom is 0.331 e. The van der Waals surface area contributed by atoms with Gasteiger partial charge in [-0.2, -0.15) is 0 Å². The third-order valence-electron chi connectivity index (χ3n) is 3.30. The molecule has 0 aromatic heterocycles. The van der Waals surface area contributed by atoms with E-state index in [1.807, 2.05) is 0 Å². The van der Waals surface area contributed by atoms with Crippen LogP contribution in [0.5, 0.6) is 0 Å². The van der Waals surface area contributed by atoms with Crippen LogP contribution in [-0.2, 0) is 9.53 Å². The summed E-state index contributed by atoms with van der Waals surface area (Å²) in [5.41, 5.74) is -1.09. The average molecular weight is 267 g/mol. The second-order valence-corrected chi connectivity index (χ2v) is 4.56. The Balaban J connectivity index is 2.25. The number of carbonyl (C=O) groups is 2. The number of carboxylic acid groups (broad SMARTS) is 1. The Labute approximate surface area is 109 Å². The van der Waals surface area contributed by atoms with Crippen LogP contribution in [0.1, 0.15) is 22.3 Å². The van der Waals surface area contributed by atoms with Gasteiger partial charge in [0.25, 0.3) is 5.91 Å². The molecule has 0 spiro atoms. The molecular weight excluding hydrogens is 253 g/mol. The lowest BCUT2D eigenvalue weighted by atomic mass is 9.97. The molecule has 1 amide bonds. The molecule has 0 saturated carbocycles. The largest absolute Gasteiger partial charge is 0.479 e. The standard InChI is InChI=1S/C13H14FNO4/c1-8-9(3-2-4-10(8)14)11(16)15-13(12(17)18)5-6-19-7-13/h2-4H,5-7H2,1H3,(H,15,16)(H,17,18). The number of aliphatic carboxylic acids is 1. The second-order valence-electron chi connectivity index (χ2n) is 4.56. The fraction of sp³-hybridized carbons (Fsp3) is 0.385. The lowest BCUT2D eigenvalue weighted by Crippen LogP contribution is -2.55. The lowest BCUT2D eigenvalue weighted by molar-refractivity contribution is -0.144. The SMILES string of the molecule is Cc1c(F)cccc1C(=O)NC1(C(=O)O)CCOC1. The van der Waals surface area contributed by atoms with Gasteiger partial charge in [-0.3, -0.25) is 4.79 Å². The van der Waals surface area contributed by atoms with E-state index < -0.39 is 23.2 Å². The summed E-state index contributed by atoms with van der Waals surface area (Å²) in [5, 5.41) is 11.7. The molecule has 0 bridgehead atoms. The molecule has 0 radical (unpaired) electrons. The Bertz CT molecular complexity index is 523. The zero-order valence-electron chi connectivity index (χ0n) is 10.4. The number of halogens is 1. The summed E-state index contributed by atoms with van der Waals surface area (Å²) in [6.07, 6.45) is 0.197. The van der Waals surface area contributed by atoms with E-state index in [1.165, 1.54) is 25.1 Å². The van der Waals surface area contributed by atoms with Crippen LogP contribution in [0, 0.1) is 12.7 Å². The normalized spacial score (nSPS) is 22.2. The van der Waals surface area contributed by atoms with Gasteiger partial charge in [-0.15, -0.1) is 0 Å². The zero-order valence-corrected chi connectivity index (χ0v) is 10.4. The molecule has 1 aliphatic rings. The molecule has 102 valence electrons. The van der Waals surface area contributed by atoms with Crippen molar-refractivity contribution in [1.29, 1.82) is 0 Å². The van der Waals surface area contributed by atoms with Crippen molar-refractivity contribution in [2.75, 3.05) is 13.2 Å². The van der Waals surface area contributed by atoms with Gasteiger partial charge in [0.1, 0.15) is 5.82 Å². The van der Waals surface area contributed by atoms with Gasteiger partial charge in [-0.1, -0.05) is 6.07 Å². The number of rotatable bonds is 3. The van der Waals surface area contributed by atoms with Gasteiger partial charge in [0, 0.05) is 18.6 Å². The number of hydrogen-bond donors (Lipinski definition) is 2. The highest BCUT2D eigenvalue weighted by Gasteiger charge is 2.44. The second kappa shape index (κ2) is 4.97. The van der Waals surface area contributed by atoms with E-state index in [2.05, 4.69) is 5.32 Å². The number of amides is 1. The van der Waals surface area contributed by atoms with Crippen molar-refractivity contribution < 1.29 is 23.8 Å². The van der Waals surface area contributed by atoms with Gasteiger partial charge < -0.3 is 15.2 Å². The first-order valence-electron chi connectivity index (χ1n) is 5.85. The Kier molecular flexibility index (Phi) is 3.53. The molecule has 5 nitrogen and oxygen atoms in total. The minimum Gasteiger partial charge on any atom is -0.479 e. The van der Waals surface area contributed by atoms with E-state index in [0.717, 1.165) is 0 Å². The molecule has 0 aliphatic carbocycles. The molecule has 1 aromatic carbocycles. The first-order chi connectivity index (χ1) is 8.96. The minimum atomic E-state index is -1.42. The minimum absolute atomic E-state index is 0.0809. The number of nitrogens with one attached hydrogen (secondary N) is 1. The lowest BCUT2D eigenvalue weighted by Gasteiger charge is -2.24. The highest BCUT2D eigenvalue weighted by atomic mass is 19.1. The van der Waals surface area contributed by atoms with Crippen LogP contribution in [0.4, 0.5) is 4.39 Å². The van der Waals surface area contributed by atoms with Crippen LogP contribution >= 0.6 is 0 Å². The highest BCUT2D eigenvalue weighted by molar-refractivity contribution is 5.99. The van der Waals surface area contributed by atoms with Gasteiger partial charge in [-0.05, 0) is 24.6 Å². The van der Waals surface area contributed by atoms with Crippen molar-refractivity contribution in [3.63, 3.8) is 0 Å². The van der Waals surface area contributed by atoms with Gasteiger partial charge in [0.15, 0.2) is 5.54 Å². The Morgan fingerprint density at radius 2 is 2.21 bits per heavy atom. The molecule has 1 aliphatic heterocycles. The van der Waals surface area contributed by atoms with Crippen LogP contribution < -0.4 is 5.32 Å². The number of benzene rings is 1. The molecule has 1 heterocycles. The molecule has 1 unspecified atom stereocenters. The van der Waals surface area contributed by atoms with E-state index in [9.17, 15) is 19.1 Å². The first kappa shape index (κ1) is 13.5. The molecule has 1 atom stereocenters. The molecule has 19 heavy (non-hydrogen) atoms. The van der Waals surface area contributed by atoms with E-state index in [1.54, 1.807) is 0 Å². The third kappa shape index (κ3) is 2.44. The molecular formula is C13H14FNO4. The molecule has 6 heteroatoms. The van der Waals surface area contributed by atoms with Crippen LogP contribution in [0.25, 0.3) is 0 Å². The molecule has 1 aromatic rings. The third-order valence-corrected chi connectivity index (χ3v) is 3.30. The maximum atomic E-state index is 13.4. The first-order valence-corrected chi connectivity index (χ1v) is 5.85. The van der Waals surface area contributed by atoms with Crippen molar-refractivity contribution in [2.45, 2.75) is 18.9 Å². The zero-order chi connectivity index (χ0) is 14.0. The van der Waals surface area contributed by atoms with Gasteiger partial charge in [0.05, 0.1) is 6.61 Å². The van der Waals surface area contributed by atoms with Crippen LogP contribution in [0.2, 0.25) is 0 Å². The summed E-state index contributed by atoms with van der Waals surface area (Å²) < 4.78 is 18.4. The topological polar surface area (TPSA) is 75.6 Å². The van der Waals surface area contributed by atoms with E-state index >= 15 is 0 Å². The molecule has 2 N–H and O–H groups in total. The van der Waals surface area contributed by atoms with Crippen molar-refractivity contribution in [1.82, 2.24) is 5.32 Å². The summed E-state index contributed by atoms with van der Waals surface area (Å²) in [5.74, 6) is -2.25. The Morgan fingerprint density at radius 3 is 2.79 bits per heavy atom.